The Morgan fingerprint density at radius 2 is 2.29 bits per heavy atom. The molecule has 1 heterocycles. The molecule has 0 atom stereocenters. The zero-order valence-electron chi connectivity index (χ0n) is 7.01. The predicted octanol–water partition coefficient (Wildman–Crippen LogP) is 1.89. The van der Waals surface area contributed by atoms with Crippen LogP contribution in [0.1, 0.15) is 28.0 Å². The Hall–Kier alpha value is -0.630. The van der Waals surface area contributed by atoms with Gasteiger partial charge in [-0.3, -0.25) is 9.78 Å². The molecule has 1 aromatic heterocycles. The molecule has 0 unspecified atom stereocenters. The van der Waals surface area contributed by atoms with E-state index in [1.807, 2.05) is 0 Å². The number of nitrogens with two attached hydrogens (primary N) is 1. The Morgan fingerprint density at radius 3 is 2.71 bits per heavy atom. The number of alkyl halides is 2. The molecule has 3 nitrogen and oxygen atoms in total. The summed E-state index contributed by atoms with van der Waals surface area (Å²) >= 11 is 1.70. The number of hydrogen-bond acceptors (Lipinski definition) is 3. The number of nitrogens with zero attached hydrogens (tertiary/aromatic N) is 1. The molecule has 0 aliphatic heterocycles. The third kappa shape index (κ3) is 2.06. The van der Waals surface area contributed by atoms with Crippen LogP contribution in [0.4, 0.5) is 8.78 Å². The zero-order chi connectivity index (χ0) is 10.7. The number of aldehydes is 1. The summed E-state index contributed by atoms with van der Waals surface area (Å²) in [6.07, 6.45) is -1.07. The molecule has 0 fully saturated rings. The predicted molar refractivity (Wildman–Crippen MR) is 55.2 cm³/mol. The molecule has 0 bridgehead atoms. The molecule has 2 N–H and O–H groups in total. The van der Waals surface area contributed by atoms with Gasteiger partial charge >= 0.3 is 0 Å². The fourth-order valence-electron chi connectivity index (χ4n) is 0.990. The highest BCUT2D eigenvalue weighted by Crippen LogP contribution is 2.26. The highest BCUT2D eigenvalue weighted by Gasteiger charge is 2.17. The number of pyridine rings is 1. The molecule has 0 aliphatic carbocycles. The van der Waals surface area contributed by atoms with Crippen LogP contribution in [0.15, 0.2) is 6.20 Å². The lowest BCUT2D eigenvalue weighted by Gasteiger charge is -2.08. The maximum Gasteiger partial charge on any atom is 0.266 e. The summed E-state index contributed by atoms with van der Waals surface area (Å²) in [5, 5.41) is 0. The Bertz CT molecular complexity index is 357. The van der Waals surface area contributed by atoms with E-state index in [0.29, 0.717) is 12.0 Å². The van der Waals surface area contributed by atoms with Crippen LogP contribution in [-0.4, -0.2) is 11.3 Å². The first-order valence-corrected chi connectivity index (χ1v) is 4.80. The third-order valence-electron chi connectivity index (χ3n) is 1.71. The molecule has 0 saturated carbocycles. The molecule has 0 radical (unpaired) electrons. The van der Waals surface area contributed by atoms with E-state index in [2.05, 4.69) is 4.98 Å². The highest BCUT2D eigenvalue weighted by atomic mass is 127. The van der Waals surface area contributed by atoms with Gasteiger partial charge in [0, 0.05) is 16.3 Å². The second-order valence-corrected chi connectivity index (χ2v) is 3.59. The average Bonchev–Trinajstić information content (AvgIpc) is 2.16. The molecule has 76 valence electrons. The summed E-state index contributed by atoms with van der Waals surface area (Å²) in [4.78, 5) is 14.3. The molecule has 0 aromatic carbocycles. The first kappa shape index (κ1) is 11.4. The quantitative estimate of drug-likeness (QED) is 0.685. The fraction of sp³-hybridized carbons (Fsp3) is 0.250. The summed E-state index contributed by atoms with van der Waals surface area (Å²) in [6, 6.07) is 0. The van der Waals surface area contributed by atoms with Gasteiger partial charge in [0.2, 0.25) is 0 Å². The van der Waals surface area contributed by atoms with Crippen LogP contribution in [-0.2, 0) is 6.54 Å². The summed E-state index contributed by atoms with van der Waals surface area (Å²) < 4.78 is 25.0. The van der Waals surface area contributed by atoms with Gasteiger partial charge in [-0.05, 0) is 22.6 Å². The molecular formula is C8H7F2IN2O. The summed E-state index contributed by atoms with van der Waals surface area (Å²) in [5.41, 5.74) is 5.58. The van der Waals surface area contributed by atoms with E-state index in [9.17, 15) is 13.6 Å². The second-order valence-electron chi connectivity index (χ2n) is 2.51. The molecule has 6 heteroatoms. The lowest BCUT2D eigenvalue weighted by Crippen LogP contribution is -2.08. The highest BCUT2D eigenvalue weighted by molar-refractivity contribution is 14.1. The van der Waals surface area contributed by atoms with E-state index in [1.165, 1.54) is 0 Å². The standard InChI is InChI=1S/C8H7F2IN2O/c9-8(10)4-2-13-6(1-12)5(3-14)7(4)11/h2-3,8H,1,12H2. The van der Waals surface area contributed by atoms with Gasteiger partial charge in [0.05, 0.1) is 16.8 Å². The SMILES string of the molecule is NCc1ncc(C(F)F)c(I)c1C=O. The van der Waals surface area contributed by atoms with E-state index in [4.69, 9.17) is 5.73 Å². The van der Waals surface area contributed by atoms with Crippen LogP contribution in [0.5, 0.6) is 0 Å². The smallest absolute Gasteiger partial charge is 0.266 e. The monoisotopic (exact) mass is 312 g/mol. The maximum atomic E-state index is 12.4. The number of aromatic nitrogens is 1. The third-order valence-corrected chi connectivity index (χ3v) is 2.91. The van der Waals surface area contributed by atoms with Crippen molar-refractivity contribution in [2.75, 3.05) is 0 Å². The first-order valence-electron chi connectivity index (χ1n) is 3.72. The van der Waals surface area contributed by atoms with Gasteiger partial charge in [-0.15, -0.1) is 0 Å². The van der Waals surface area contributed by atoms with Crippen molar-refractivity contribution in [2.45, 2.75) is 13.0 Å². The van der Waals surface area contributed by atoms with Crippen molar-refractivity contribution in [3.05, 3.63) is 26.6 Å². The Kier molecular flexibility index (Phi) is 3.87. The van der Waals surface area contributed by atoms with Crippen LogP contribution in [0.3, 0.4) is 0 Å². The van der Waals surface area contributed by atoms with Crippen LogP contribution in [0, 0.1) is 3.57 Å². The fourth-order valence-corrected chi connectivity index (χ4v) is 1.80. The maximum absolute atomic E-state index is 12.4. The largest absolute Gasteiger partial charge is 0.325 e. The normalized spacial score (nSPS) is 10.6. The molecule has 0 saturated heterocycles. The number of carbonyl (C=O) groups is 1. The van der Waals surface area contributed by atoms with Crippen molar-refractivity contribution in [3.8, 4) is 0 Å². The Morgan fingerprint density at radius 1 is 1.64 bits per heavy atom. The van der Waals surface area contributed by atoms with E-state index < -0.39 is 6.43 Å². The van der Waals surface area contributed by atoms with Gasteiger partial charge in [-0.2, -0.15) is 0 Å². The van der Waals surface area contributed by atoms with Crippen molar-refractivity contribution in [3.63, 3.8) is 0 Å². The van der Waals surface area contributed by atoms with Gasteiger partial charge < -0.3 is 5.73 Å². The molecular weight excluding hydrogens is 305 g/mol. The second kappa shape index (κ2) is 4.74. The van der Waals surface area contributed by atoms with Gasteiger partial charge in [-0.1, -0.05) is 0 Å². The van der Waals surface area contributed by atoms with E-state index >= 15 is 0 Å². The summed E-state index contributed by atoms with van der Waals surface area (Å²) in [5.74, 6) is 0. The van der Waals surface area contributed by atoms with Gasteiger partial charge in [-0.25, -0.2) is 8.78 Å². The molecule has 14 heavy (non-hydrogen) atoms. The minimum Gasteiger partial charge on any atom is -0.325 e. The Balaban J connectivity index is 3.34. The van der Waals surface area contributed by atoms with Crippen molar-refractivity contribution in [2.24, 2.45) is 5.73 Å². The number of carbonyl (C=O) groups excluding carboxylic acids is 1. The minimum atomic E-state index is -2.63. The number of rotatable bonds is 3. The molecule has 0 spiro atoms. The molecule has 0 amide bonds. The van der Waals surface area contributed by atoms with Crippen molar-refractivity contribution in [1.29, 1.82) is 0 Å². The average molecular weight is 312 g/mol. The van der Waals surface area contributed by atoms with Gasteiger partial charge in [0.25, 0.3) is 6.43 Å². The van der Waals surface area contributed by atoms with Gasteiger partial charge in [0.1, 0.15) is 0 Å². The number of halogens is 3. The van der Waals surface area contributed by atoms with E-state index in [-0.39, 0.29) is 21.2 Å². The van der Waals surface area contributed by atoms with Crippen molar-refractivity contribution < 1.29 is 13.6 Å². The summed E-state index contributed by atoms with van der Waals surface area (Å²) in [6.45, 7) is 0.0631. The van der Waals surface area contributed by atoms with E-state index in [0.717, 1.165) is 6.20 Å². The first-order chi connectivity index (χ1) is 6.61. The van der Waals surface area contributed by atoms with Crippen molar-refractivity contribution in [1.82, 2.24) is 4.98 Å². The molecule has 1 rings (SSSR count). The van der Waals surface area contributed by atoms with Crippen LogP contribution in [0.25, 0.3) is 0 Å². The topological polar surface area (TPSA) is 56.0 Å². The van der Waals surface area contributed by atoms with Crippen LogP contribution < -0.4 is 5.73 Å². The zero-order valence-corrected chi connectivity index (χ0v) is 9.16. The number of hydrogen-bond donors (Lipinski definition) is 1. The molecule has 0 aliphatic rings. The lowest BCUT2D eigenvalue weighted by molar-refractivity contribution is 0.112. The summed E-state index contributed by atoms with van der Waals surface area (Å²) in [7, 11) is 0. The molecule has 1 aromatic rings. The van der Waals surface area contributed by atoms with Crippen LogP contribution in [0.2, 0.25) is 0 Å². The van der Waals surface area contributed by atoms with Crippen molar-refractivity contribution >= 4 is 28.9 Å². The van der Waals surface area contributed by atoms with E-state index in [1.54, 1.807) is 22.6 Å². The lowest BCUT2D eigenvalue weighted by atomic mass is 10.1. The Labute approximate surface area is 92.8 Å². The minimum absolute atomic E-state index is 0.0631. The van der Waals surface area contributed by atoms with Gasteiger partial charge in [0.15, 0.2) is 6.29 Å². The van der Waals surface area contributed by atoms with Crippen LogP contribution >= 0.6 is 22.6 Å².